The summed E-state index contributed by atoms with van der Waals surface area (Å²) in [5.74, 6) is -1.44. The van der Waals surface area contributed by atoms with Gasteiger partial charge in [0.2, 0.25) is 0 Å². The van der Waals surface area contributed by atoms with Crippen molar-refractivity contribution in [3.8, 4) is 11.8 Å². The number of benzene rings is 2. The third-order valence-electron chi connectivity index (χ3n) is 6.29. The maximum absolute atomic E-state index is 15.3. The van der Waals surface area contributed by atoms with Gasteiger partial charge in [0.1, 0.15) is 17.4 Å². The van der Waals surface area contributed by atoms with E-state index in [4.69, 9.17) is 27.0 Å². The van der Waals surface area contributed by atoms with E-state index in [9.17, 15) is 23.1 Å². The minimum atomic E-state index is -5.16. The van der Waals surface area contributed by atoms with Gasteiger partial charge < -0.3 is 19.5 Å². The Morgan fingerprint density at radius 2 is 2.08 bits per heavy atom. The summed E-state index contributed by atoms with van der Waals surface area (Å²) in [6.07, 6.45) is -5.35. The van der Waals surface area contributed by atoms with Crippen LogP contribution in [0.4, 0.5) is 28.9 Å². The van der Waals surface area contributed by atoms with Crippen molar-refractivity contribution in [1.82, 2.24) is 0 Å². The number of carbonyl (C=O) groups excluding carboxylic acids is 1. The number of aliphatic hydroxyl groups is 1. The highest BCUT2D eigenvalue weighted by Crippen LogP contribution is 2.46. The van der Waals surface area contributed by atoms with Crippen LogP contribution in [0.1, 0.15) is 17.5 Å². The molecule has 1 amide bonds. The van der Waals surface area contributed by atoms with Crippen LogP contribution >= 0.6 is 24.0 Å². The lowest BCUT2D eigenvalue weighted by molar-refractivity contribution is -0.140. The van der Waals surface area contributed by atoms with Crippen molar-refractivity contribution in [2.24, 2.45) is 0 Å². The third-order valence-corrected chi connectivity index (χ3v) is 7.82. The molecular weight excluding hydrogens is 522 g/mol. The first-order valence-electron chi connectivity index (χ1n) is 10.7. The van der Waals surface area contributed by atoms with Crippen molar-refractivity contribution in [3.63, 3.8) is 0 Å². The topological polar surface area (TPSA) is 86.0 Å². The molecule has 1 N–H and O–H groups in total. The van der Waals surface area contributed by atoms with Crippen LogP contribution in [0, 0.1) is 17.1 Å². The molecule has 0 bridgehead atoms. The molecule has 1 spiro atoms. The molecule has 2 fully saturated rings. The second kappa shape index (κ2) is 8.88. The number of fused-ring (bicyclic) bond motifs is 1. The molecule has 13 heteroatoms. The number of nitrogens with zero attached hydrogens (tertiary/aromatic N) is 3. The van der Waals surface area contributed by atoms with Gasteiger partial charge in [-0.1, -0.05) is 0 Å². The summed E-state index contributed by atoms with van der Waals surface area (Å²) in [6.45, 7) is -0.0481. The van der Waals surface area contributed by atoms with Gasteiger partial charge in [-0.15, -0.1) is 11.8 Å². The highest BCUT2D eigenvalue weighted by Gasteiger charge is 2.59. The number of alkyl halides is 3. The minimum absolute atomic E-state index is 0.0974. The second-order valence-corrected chi connectivity index (χ2v) is 9.81. The molecule has 7 nitrogen and oxygen atoms in total. The van der Waals surface area contributed by atoms with Gasteiger partial charge in [-0.05, 0) is 42.5 Å². The zero-order valence-corrected chi connectivity index (χ0v) is 20.0. The number of halogens is 4. The molecule has 2 unspecified atom stereocenters. The lowest BCUT2D eigenvalue weighted by Crippen LogP contribution is -2.50. The number of ether oxygens (including phenoxy) is 2. The van der Waals surface area contributed by atoms with Crippen molar-refractivity contribution in [3.05, 3.63) is 47.3 Å². The Balaban J connectivity index is 1.61. The first-order chi connectivity index (χ1) is 17.1. The van der Waals surface area contributed by atoms with Crippen molar-refractivity contribution >= 4 is 46.4 Å². The van der Waals surface area contributed by atoms with Crippen molar-refractivity contribution in [1.29, 1.82) is 5.26 Å². The van der Waals surface area contributed by atoms with Gasteiger partial charge in [-0.3, -0.25) is 9.69 Å². The van der Waals surface area contributed by atoms with E-state index in [2.05, 4.69) is 0 Å². The molecule has 0 saturated carbocycles. The molecule has 0 aliphatic carbocycles. The standard InChI is InChI=1S/C23H17F4N3O4S2/c24-19-15(3-1-12(8-28)18(19)23(25,26)27)29-20(32)22(5-6-33-11-22)30(21(29)35)13-2-4-16-17(7-13)36-10-14(9-31)34-16/h1-4,7,14,31H,5-6,9-11H2. The zero-order chi connectivity index (χ0) is 25.8. The average molecular weight is 540 g/mol. The Kier molecular flexibility index (Phi) is 6.11. The molecule has 5 rings (SSSR count). The first kappa shape index (κ1) is 24.8. The van der Waals surface area contributed by atoms with Crippen LogP contribution < -0.4 is 14.5 Å². The smallest absolute Gasteiger partial charge is 0.420 e. The van der Waals surface area contributed by atoms with Crippen molar-refractivity contribution in [2.75, 3.05) is 35.4 Å². The van der Waals surface area contributed by atoms with Gasteiger partial charge in [0, 0.05) is 24.5 Å². The molecule has 3 aliphatic heterocycles. The summed E-state index contributed by atoms with van der Waals surface area (Å²) in [7, 11) is 0. The molecule has 3 heterocycles. The normalized spacial score (nSPS) is 23.7. The lowest BCUT2D eigenvalue weighted by atomic mass is 9.95. The molecule has 36 heavy (non-hydrogen) atoms. The fourth-order valence-corrected chi connectivity index (χ4v) is 6.05. The van der Waals surface area contributed by atoms with Crippen LogP contribution in [0.3, 0.4) is 0 Å². The number of nitriles is 1. The minimum Gasteiger partial charge on any atom is -0.486 e. The average Bonchev–Trinajstić information content (AvgIpc) is 3.41. The highest BCUT2D eigenvalue weighted by molar-refractivity contribution is 7.99. The number of hydrogen-bond donors (Lipinski definition) is 1. The van der Waals surface area contributed by atoms with E-state index in [1.807, 2.05) is 0 Å². The van der Waals surface area contributed by atoms with Crippen molar-refractivity contribution in [2.45, 2.75) is 29.1 Å². The summed E-state index contributed by atoms with van der Waals surface area (Å²) >= 11 is 6.99. The summed E-state index contributed by atoms with van der Waals surface area (Å²) < 4.78 is 67.4. The van der Waals surface area contributed by atoms with E-state index in [-0.39, 0.29) is 37.5 Å². The van der Waals surface area contributed by atoms with E-state index in [0.717, 1.165) is 21.9 Å². The van der Waals surface area contributed by atoms with Crippen LogP contribution in [-0.2, 0) is 15.7 Å². The number of amides is 1. The summed E-state index contributed by atoms with van der Waals surface area (Å²) in [5, 5.41) is 18.2. The quantitative estimate of drug-likeness (QED) is 0.465. The number of aliphatic hydroxyl groups excluding tert-OH is 1. The maximum atomic E-state index is 15.3. The number of carbonyl (C=O) groups is 1. The van der Waals surface area contributed by atoms with E-state index in [1.54, 1.807) is 18.2 Å². The Morgan fingerprint density at radius 1 is 1.31 bits per heavy atom. The SMILES string of the molecule is N#Cc1ccc(N2C(=O)C3(CCOC3)N(c3ccc4c(c3)SCC(CO)O4)C2=S)c(F)c1C(F)(F)F. The van der Waals surface area contributed by atoms with Gasteiger partial charge in [-0.25, -0.2) is 4.39 Å². The molecule has 3 aliphatic rings. The number of hydrogen-bond acceptors (Lipinski definition) is 7. The Morgan fingerprint density at radius 3 is 2.72 bits per heavy atom. The molecule has 0 aromatic heterocycles. The van der Waals surface area contributed by atoms with Crippen LogP contribution in [0.2, 0.25) is 0 Å². The van der Waals surface area contributed by atoms with Gasteiger partial charge in [0.05, 0.1) is 35.4 Å². The first-order valence-corrected chi connectivity index (χ1v) is 12.1. The maximum Gasteiger partial charge on any atom is 0.420 e. The fourth-order valence-electron chi connectivity index (χ4n) is 4.58. The third kappa shape index (κ3) is 3.71. The van der Waals surface area contributed by atoms with Crippen molar-refractivity contribution < 1.29 is 36.9 Å². The van der Waals surface area contributed by atoms with Crippen LogP contribution in [0.5, 0.6) is 5.75 Å². The molecule has 2 aromatic carbocycles. The monoisotopic (exact) mass is 539 g/mol. The van der Waals surface area contributed by atoms with Gasteiger partial charge in [0.15, 0.2) is 16.5 Å². The summed E-state index contributed by atoms with van der Waals surface area (Å²) in [4.78, 5) is 16.7. The Hall–Kier alpha value is -2.92. The Bertz CT molecular complexity index is 1310. The number of thiocarbonyl (C=S) groups is 1. The fraction of sp³-hybridized carbons (Fsp3) is 0.348. The van der Waals surface area contributed by atoms with Gasteiger partial charge in [0.25, 0.3) is 5.91 Å². The predicted octanol–water partition coefficient (Wildman–Crippen LogP) is 3.86. The Labute approximate surface area is 212 Å². The molecule has 2 atom stereocenters. The van der Waals surface area contributed by atoms with E-state index >= 15 is 4.39 Å². The van der Waals surface area contributed by atoms with Gasteiger partial charge >= 0.3 is 6.18 Å². The number of rotatable bonds is 3. The van der Waals surface area contributed by atoms with Crippen LogP contribution in [-0.4, -0.2) is 53.3 Å². The molecule has 0 radical (unpaired) electrons. The zero-order valence-electron chi connectivity index (χ0n) is 18.3. The largest absolute Gasteiger partial charge is 0.486 e. The molecule has 2 aromatic rings. The highest BCUT2D eigenvalue weighted by atomic mass is 32.2. The van der Waals surface area contributed by atoms with Gasteiger partial charge in [-0.2, -0.15) is 18.4 Å². The predicted molar refractivity (Wildman–Crippen MR) is 126 cm³/mol. The summed E-state index contributed by atoms with van der Waals surface area (Å²) in [5.41, 5.74) is -4.26. The lowest BCUT2D eigenvalue weighted by Gasteiger charge is -2.32. The van der Waals surface area contributed by atoms with Crippen LogP contribution in [0.15, 0.2) is 35.2 Å². The number of thioether (sulfide) groups is 1. The molecular formula is C23H17F4N3O4S2. The molecule has 2 saturated heterocycles. The molecule has 188 valence electrons. The van der Waals surface area contributed by atoms with E-state index in [0.29, 0.717) is 17.2 Å². The number of anilines is 2. The van der Waals surface area contributed by atoms with E-state index in [1.165, 1.54) is 22.7 Å². The second-order valence-electron chi connectivity index (χ2n) is 8.39. The van der Waals surface area contributed by atoms with Crippen LogP contribution in [0.25, 0.3) is 0 Å². The summed E-state index contributed by atoms with van der Waals surface area (Å²) in [6, 6.07) is 8.14. The van der Waals surface area contributed by atoms with E-state index < -0.39 is 40.3 Å².